The van der Waals surface area contributed by atoms with Crippen LogP contribution in [-0.2, 0) is 4.74 Å². The lowest BCUT2D eigenvalue weighted by molar-refractivity contribution is -0.0337. The Bertz CT molecular complexity index is 410. The number of hydrogen-bond acceptors (Lipinski definition) is 3. The molecule has 0 aliphatic carbocycles. The van der Waals surface area contributed by atoms with Gasteiger partial charge in [-0.25, -0.2) is 0 Å². The Morgan fingerprint density at radius 2 is 2.35 bits per heavy atom. The zero-order valence-electron chi connectivity index (χ0n) is 10.2. The van der Waals surface area contributed by atoms with Gasteiger partial charge in [-0.1, -0.05) is 18.5 Å². The van der Waals surface area contributed by atoms with E-state index in [0.29, 0.717) is 11.6 Å². The van der Waals surface area contributed by atoms with Crippen molar-refractivity contribution in [2.24, 2.45) is 5.73 Å². The summed E-state index contributed by atoms with van der Waals surface area (Å²) >= 11 is 5.97. The summed E-state index contributed by atoms with van der Waals surface area (Å²) in [5.74, 6) is 0.826. The SMILES string of the molecule is CCC1(COC)C[C@@H](N)c2cc(Cl)ccc2O1. The predicted molar refractivity (Wildman–Crippen MR) is 68.5 cm³/mol. The van der Waals surface area contributed by atoms with Gasteiger partial charge in [-0.05, 0) is 24.6 Å². The largest absolute Gasteiger partial charge is 0.484 e. The molecular formula is C13H18ClNO2. The van der Waals surface area contributed by atoms with E-state index in [0.717, 1.165) is 24.2 Å². The van der Waals surface area contributed by atoms with Crippen LogP contribution in [0.1, 0.15) is 31.4 Å². The van der Waals surface area contributed by atoms with E-state index >= 15 is 0 Å². The van der Waals surface area contributed by atoms with E-state index in [2.05, 4.69) is 6.92 Å². The molecule has 0 saturated heterocycles. The first-order chi connectivity index (χ1) is 8.10. The fourth-order valence-corrected chi connectivity index (χ4v) is 2.54. The monoisotopic (exact) mass is 255 g/mol. The first-order valence-corrected chi connectivity index (χ1v) is 6.21. The molecule has 0 radical (unpaired) electrons. The quantitative estimate of drug-likeness (QED) is 0.903. The molecule has 2 N–H and O–H groups in total. The second-order valence-corrected chi connectivity index (χ2v) is 5.00. The molecule has 3 nitrogen and oxygen atoms in total. The normalized spacial score (nSPS) is 27.4. The van der Waals surface area contributed by atoms with E-state index in [4.69, 9.17) is 26.8 Å². The number of fused-ring (bicyclic) bond motifs is 1. The Balaban J connectivity index is 2.35. The van der Waals surface area contributed by atoms with Gasteiger partial charge >= 0.3 is 0 Å². The van der Waals surface area contributed by atoms with Gasteiger partial charge in [-0.15, -0.1) is 0 Å². The van der Waals surface area contributed by atoms with Crippen molar-refractivity contribution in [3.63, 3.8) is 0 Å². The molecule has 0 saturated carbocycles. The number of methoxy groups -OCH3 is 1. The van der Waals surface area contributed by atoms with Gasteiger partial charge in [0.05, 0.1) is 6.61 Å². The van der Waals surface area contributed by atoms with Crippen molar-refractivity contribution in [2.75, 3.05) is 13.7 Å². The number of rotatable bonds is 3. The highest BCUT2D eigenvalue weighted by Gasteiger charge is 2.38. The molecule has 1 aromatic carbocycles. The molecule has 17 heavy (non-hydrogen) atoms. The van der Waals surface area contributed by atoms with Crippen molar-refractivity contribution in [1.82, 2.24) is 0 Å². The van der Waals surface area contributed by atoms with Gasteiger partial charge < -0.3 is 15.2 Å². The van der Waals surface area contributed by atoms with E-state index in [1.807, 2.05) is 18.2 Å². The maximum Gasteiger partial charge on any atom is 0.134 e. The van der Waals surface area contributed by atoms with Crippen molar-refractivity contribution in [2.45, 2.75) is 31.4 Å². The van der Waals surface area contributed by atoms with E-state index in [1.165, 1.54) is 0 Å². The molecule has 0 bridgehead atoms. The maximum atomic E-state index is 6.20. The first kappa shape index (κ1) is 12.7. The summed E-state index contributed by atoms with van der Waals surface area (Å²) in [6.45, 7) is 2.64. The second-order valence-electron chi connectivity index (χ2n) is 4.56. The molecule has 0 aromatic heterocycles. The molecule has 1 unspecified atom stereocenters. The van der Waals surface area contributed by atoms with Crippen LogP contribution in [-0.4, -0.2) is 19.3 Å². The molecule has 0 amide bonds. The van der Waals surface area contributed by atoms with Crippen molar-refractivity contribution in [1.29, 1.82) is 0 Å². The lowest BCUT2D eigenvalue weighted by atomic mass is 9.86. The fraction of sp³-hybridized carbons (Fsp3) is 0.538. The summed E-state index contributed by atoms with van der Waals surface area (Å²) in [6, 6.07) is 5.55. The van der Waals surface area contributed by atoms with Crippen LogP contribution in [0.15, 0.2) is 18.2 Å². The van der Waals surface area contributed by atoms with Crippen LogP contribution < -0.4 is 10.5 Å². The summed E-state index contributed by atoms with van der Waals surface area (Å²) in [5.41, 5.74) is 6.88. The Morgan fingerprint density at radius 1 is 1.59 bits per heavy atom. The third-order valence-corrected chi connectivity index (χ3v) is 3.58. The highest BCUT2D eigenvalue weighted by molar-refractivity contribution is 6.30. The third kappa shape index (κ3) is 2.41. The highest BCUT2D eigenvalue weighted by Crippen LogP contribution is 2.41. The number of halogens is 1. The maximum absolute atomic E-state index is 6.20. The summed E-state index contributed by atoms with van der Waals surface area (Å²) in [6.07, 6.45) is 1.63. The van der Waals surface area contributed by atoms with Gasteiger partial charge in [0, 0.05) is 30.2 Å². The summed E-state index contributed by atoms with van der Waals surface area (Å²) < 4.78 is 11.3. The van der Waals surface area contributed by atoms with Crippen LogP contribution in [0.4, 0.5) is 0 Å². The smallest absolute Gasteiger partial charge is 0.134 e. The second kappa shape index (κ2) is 4.84. The Labute approximate surface area is 107 Å². The number of ether oxygens (including phenoxy) is 2. The summed E-state index contributed by atoms with van der Waals surface area (Å²) in [4.78, 5) is 0. The van der Waals surface area contributed by atoms with Crippen LogP contribution in [0.5, 0.6) is 5.75 Å². The molecule has 1 aromatic rings. The highest BCUT2D eigenvalue weighted by atomic mass is 35.5. The standard InChI is InChI=1S/C13H18ClNO2/c1-3-13(8-16-2)7-11(15)10-6-9(14)4-5-12(10)17-13/h4-6,11H,3,7-8,15H2,1-2H3/t11-,13?/m1/s1. The van der Waals surface area contributed by atoms with Crippen LogP contribution >= 0.6 is 11.6 Å². The van der Waals surface area contributed by atoms with Crippen molar-refractivity contribution < 1.29 is 9.47 Å². The summed E-state index contributed by atoms with van der Waals surface area (Å²) in [7, 11) is 1.68. The molecule has 1 aliphatic rings. The van der Waals surface area contributed by atoms with Gasteiger partial charge in [0.1, 0.15) is 11.4 Å². The van der Waals surface area contributed by atoms with Crippen LogP contribution in [0.3, 0.4) is 0 Å². The van der Waals surface area contributed by atoms with E-state index < -0.39 is 0 Å². The van der Waals surface area contributed by atoms with Gasteiger partial charge in [0.25, 0.3) is 0 Å². The van der Waals surface area contributed by atoms with E-state index in [1.54, 1.807) is 7.11 Å². The van der Waals surface area contributed by atoms with E-state index in [9.17, 15) is 0 Å². The van der Waals surface area contributed by atoms with Crippen molar-refractivity contribution in [3.8, 4) is 5.75 Å². The van der Waals surface area contributed by atoms with Crippen molar-refractivity contribution >= 4 is 11.6 Å². The van der Waals surface area contributed by atoms with Crippen LogP contribution in [0.2, 0.25) is 5.02 Å². The number of nitrogens with two attached hydrogens (primary N) is 1. The van der Waals surface area contributed by atoms with Gasteiger partial charge in [-0.2, -0.15) is 0 Å². The van der Waals surface area contributed by atoms with Crippen LogP contribution in [0, 0.1) is 0 Å². The molecule has 94 valence electrons. The molecule has 4 heteroatoms. The minimum absolute atomic E-state index is 0.0486. The average molecular weight is 256 g/mol. The van der Waals surface area contributed by atoms with Gasteiger partial charge in [0.2, 0.25) is 0 Å². The van der Waals surface area contributed by atoms with Gasteiger partial charge in [0.15, 0.2) is 0 Å². The van der Waals surface area contributed by atoms with Crippen molar-refractivity contribution in [3.05, 3.63) is 28.8 Å². The van der Waals surface area contributed by atoms with E-state index in [-0.39, 0.29) is 11.6 Å². The average Bonchev–Trinajstić information content (AvgIpc) is 2.31. The molecule has 1 aliphatic heterocycles. The molecule has 0 fully saturated rings. The molecule has 2 atom stereocenters. The minimum atomic E-state index is -0.311. The molecule has 1 heterocycles. The lowest BCUT2D eigenvalue weighted by Gasteiger charge is -2.40. The molecular weight excluding hydrogens is 238 g/mol. The third-order valence-electron chi connectivity index (χ3n) is 3.34. The van der Waals surface area contributed by atoms with Gasteiger partial charge in [-0.3, -0.25) is 0 Å². The zero-order valence-corrected chi connectivity index (χ0v) is 11.0. The number of hydrogen-bond donors (Lipinski definition) is 1. The first-order valence-electron chi connectivity index (χ1n) is 5.83. The number of benzene rings is 1. The Kier molecular flexibility index (Phi) is 3.61. The Morgan fingerprint density at radius 3 is 3.00 bits per heavy atom. The fourth-order valence-electron chi connectivity index (χ4n) is 2.36. The summed E-state index contributed by atoms with van der Waals surface area (Å²) in [5, 5.41) is 0.693. The zero-order chi connectivity index (χ0) is 12.5. The van der Waals surface area contributed by atoms with Crippen LogP contribution in [0.25, 0.3) is 0 Å². The predicted octanol–water partition coefficient (Wildman–Crippen LogP) is 2.92. The Hall–Kier alpha value is -0.770. The molecule has 0 spiro atoms. The lowest BCUT2D eigenvalue weighted by Crippen LogP contribution is -2.46. The molecule has 2 rings (SSSR count). The minimum Gasteiger partial charge on any atom is -0.484 e. The topological polar surface area (TPSA) is 44.5 Å².